The van der Waals surface area contributed by atoms with Gasteiger partial charge in [0.1, 0.15) is 5.82 Å². The molecule has 40 heavy (non-hydrogen) atoms. The van der Waals surface area contributed by atoms with Crippen molar-refractivity contribution in [2.24, 2.45) is 0 Å². The van der Waals surface area contributed by atoms with Gasteiger partial charge < -0.3 is 24.3 Å². The highest BCUT2D eigenvalue weighted by molar-refractivity contribution is 5.94. The minimum atomic E-state index is 0.125. The Bertz CT molecular complexity index is 1500. The Morgan fingerprint density at radius 2 is 1.90 bits per heavy atom. The summed E-state index contributed by atoms with van der Waals surface area (Å²) in [5, 5.41) is 3.16. The van der Waals surface area contributed by atoms with Gasteiger partial charge in [-0.05, 0) is 44.5 Å². The highest BCUT2D eigenvalue weighted by atomic mass is 16.5. The summed E-state index contributed by atoms with van der Waals surface area (Å²) in [5.41, 5.74) is 3.71. The Kier molecular flexibility index (Phi) is 7.27. The summed E-state index contributed by atoms with van der Waals surface area (Å²) in [6, 6.07) is 8.02. The summed E-state index contributed by atoms with van der Waals surface area (Å²) in [6.45, 7) is 8.14. The van der Waals surface area contributed by atoms with E-state index >= 15 is 0 Å². The van der Waals surface area contributed by atoms with E-state index in [9.17, 15) is 4.79 Å². The molecule has 6 rings (SSSR count). The van der Waals surface area contributed by atoms with Gasteiger partial charge in [0, 0.05) is 44.3 Å². The van der Waals surface area contributed by atoms with Gasteiger partial charge in [-0.2, -0.15) is 0 Å². The SMILES string of the molecule is COc1nc(-c2ccnc(Nc3ccc(N4CCC(N5CCOCC5)CC4=O)cn3)n2)cc2c1ncn2C(C)C. The molecule has 0 aromatic carbocycles. The van der Waals surface area contributed by atoms with E-state index in [0.29, 0.717) is 47.5 Å². The molecule has 0 bridgehead atoms. The van der Waals surface area contributed by atoms with Gasteiger partial charge in [0.2, 0.25) is 17.7 Å². The molecule has 6 heterocycles. The molecule has 1 amide bonds. The molecule has 2 saturated heterocycles. The van der Waals surface area contributed by atoms with Crippen LogP contribution >= 0.6 is 0 Å². The maximum Gasteiger partial charge on any atom is 0.242 e. The van der Waals surface area contributed by atoms with Crippen molar-refractivity contribution in [2.75, 3.05) is 50.2 Å². The van der Waals surface area contributed by atoms with Crippen molar-refractivity contribution < 1.29 is 14.3 Å². The first kappa shape index (κ1) is 26.1. The number of imidazole rings is 1. The molecule has 1 N–H and O–H groups in total. The second-order valence-electron chi connectivity index (χ2n) is 10.3. The zero-order chi connectivity index (χ0) is 27.6. The number of fused-ring (bicyclic) bond motifs is 1. The summed E-state index contributed by atoms with van der Waals surface area (Å²) < 4.78 is 13.0. The molecule has 0 aliphatic carbocycles. The minimum Gasteiger partial charge on any atom is -0.479 e. The Hall–Kier alpha value is -4.16. The molecule has 2 fully saturated rings. The topological polar surface area (TPSA) is 123 Å². The lowest BCUT2D eigenvalue weighted by atomic mass is 10.0. The van der Waals surface area contributed by atoms with Crippen LogP contribution in [0.25, 0.3) is 22.4 Å². The van der Waals surface area contributed by atoms with Crippen LogP contribution < -0.4 is 15.0 Å². The first-order valence-corrected chi connectivity index (χ1v) is 13.6. The van der Waals surface area contributed by atoms with E-state index in [0.717, 1.165) is 43.9 Å². The van der Waals surface area contributed by atoms with Gasteiger partial charge in [0.05, 0.1) is 55.4 Å². The molecule has 2 aliphatic heterocycles. The molecular weight excluding hydrogens is 510 g/mol. The van der Waals surface area contributed by atoms with Crippen LogP contribution in [-0.4, -0.2) is 86.3 Å². The maximum atomic E-state index is 12.9. The standard InChI is InChI=1S/C28H33N9O3/c1-18(2)37-17-31-26-23(37)15-22(32-27(26)39-3)21-6-8-29-28(33-21)34-24-5-4-20(16-30-24)36-9-7-19(14-25(36)38)35-10-12-40-13-11-35/h4-6,8,15-19H,7,9-14H2,1-3H3,(H,29,30,33,34). The molecule has 2 aliphatic rings. The normalized spacial score (nSPS) is 18.4. The molecule has 12 nitrogen and oxygen atoms in total. The van der Waals surface area contributed by atoms with Crippen LogP contribution in [0.1, 0.15) is 32.7 Å². The Labute approximate surface area is 232 Å². The van der Waals surface area contributed by atoms with E-state index in [4.69, 9.17) is 9.47 Å². The first-order valence-electron chi connectivity index (χ1n) is 13.6. The number of ether oxygens (including phenoxy) is 2. The lowest BCUT2D eigenvalue weighted by molar-refractivity contribution is -0.121. The number of hydrogen-bond acceptors (Lipinski definition) is 10. The lowest BCUT2D eigenvalue weighted by Crippen LogP contribution is -2.51. The van der Waals surface area contributed by atoms with Gasteiger partial charge in [0.25, 0.3) is 0 Å². The van der Waals surface area contributed by atoms with Gasteiger partial charge in [-0.1, -0.05) is 0 Å². The van der Waals surface area contributed by atoms with Gasteiger partial charge in [0.15, 0.2) is 5.52 Å². The molecule has 12 heteroatoms. The summed E-state index contributed by atoms with van der Waals surface area (Å²) >= 11 is 0. The lowest BCUT2D eigenvalue weighted by Gasteiger charge is -2.39. The molecule has 0 spiro atoms. The molecule has 0 radical (unpaired) electrons. The monoisotopic (exact) mass is 543 g/mol. The number of methoxy groups -OCH3 is 1. The third-order valence-electron chi connectivity index (χ3n) is 7.46. The van der Waals surface area contributed by atoms with Crippen molar-refractivity contribution in [3.8, 4) is 17.3 Å². The summed E-state index contributed by atoms with van der Waals surface area (Å²) in [4.78, 5) is 39.8. The summed E-state index contributed by atoms with van der Waals surface area (Å²) in [7, 11) is 1.59. The minimum absolute atomic E-state index is 0.125. The predicted molar refractivity (Wildman–Crippen MR) is 151 cm³/mol. The molecular formula is C28H33N9O3. The fourth-order valence-electron chi connectivity index (χ4n) is 5.33. The predicted octanol–water partition coefficient (Wildman–Crippen LogP) is 3.44. The van der Waals surface area contributed by atoms with Gasteiger partial charge in [-0.15, -0.1) is 0 Å². The van der Waals surface area contributed by atoms with Crippen LogP contribution in [0.15, 0.2) is 43.0 Å². The smallest absolute Gasteiger partial charge is 0.242 e. The summed E-state index contributed by atoms with van der Waals surface area (Å²) in [6.07, 6.45) is 6.64. The average molecular weight is 544 g/mol. The number of aromatic nitrogens is 6. The Morgan fingerprint density at radius 3 is 2.62 bits per heavy atom. The van der Waals surface area contributed by atoms with Crippen LogP contribution in [-0.2, 0) is 9.53 Å². The van der Waals surface area contributed by atoms with Crippen molar-refractivity contribution in [3.05, 3.63) is 43.0 Å². The van der Waals surface area contributed by atoms with Crippen LogP contribution in [0, 0.1) is 0 Å². The van der Waals surface area contributed by atoms with Crippen LogP contribution in [0.5, 0.6) is 5.88 Å². The van der Waals surface area contributed by atoms with Crippen LogP contribution in [0.2, 0.25) is 0 Å². The van der Waals surface area contributed by atoms with E-state index in [1.165, 1.54) is 0 Å². The third kappa shape index (κ3) is 5.19. The second-order valence-corrected chi connectivity index (χ2v) is 10.3. The van der Waals surface area contributed by atoms with Crippen molar-refractivity contribution in [1.29, 1.82) is 0 Å². The van der Waals surface area contributed by atoms with Gasteiger partial charge >= 0.3 is 0 Å². The number of nitrogens with zero attached hydrogens (tertiary/aromatic N) is 8. The van der Waals surface area contributed by atoms with E-state index in [2.05, 4.69) is 53.6 Å². The largest absolute Gasteiger partial charge is 0.479 e. The Morgan fingerprint density at radius 1 is 1.05 bits per heavy atom. The average Bonchev–Trinajstić information content (AvgIpc) is 3.42. The second kappa shape index (κ2) is 11.1. The zero-order valence-corrected chi connectivity index (χ0v) is 22.9. The number of nitrogens with one attached hydrogen (secondary N) is 1. The van der Waals surface area contributed by atoms with Crippen molar-refractivity contribution in [1.82, 2.24) is 34.4 Å². The van der Waals surface area contributed by atoms with Gasteiger partial charge in [-0.3, -0.25) is 9.69 Å². The molecule has 4 aromatic rings. The number of carbonyl (C=O) groups is 1. The van der Waals surface area contributed by atoms with E-state index < -0.39 is 0 Å². The number of carbonyl (C=O) groups excluding carboxylic acids is 1. The van der Waals surface area contributed by atoms with E-state index in [1.807, 2.05) is 23.1 Å². The fraction of sp³-hybridized carbons (Fsp3) is 0.429. The summed E-state index contributed by atoms with van der Waals surface area (Å²) in [5.74, 6) is 1.54. The maximum absolute atomic E-state index is 12.9. The quantitative estimate of drug-likeness (QED) is 0.371. The van der Waals surface area contributed by atoms with E-state index in [-0.39, 0.29) is 18.0 Å². The van der Waals surface area contributed by atoms with E-state index in [1.54, 1.807) is 31.9 Å². The van der Waals surface area contributed by atoms with Crippen LogP contribution in [0.3, 0.4) is 0 Å². The molecule has 4 aromatic heterocycles. The molecule has 208 valence electrons. The number of anilines is 3. The number of pyridine rings is 2. The zero-order valence-electron chi connectivity index (χ0n) is 22.9. The van der Waals surface area contributed by atoms with Crippen LogP contribution in [0.4, 0.5) is 17.5 Å². The van der Waals surface area contributed by atoms with Gasteiger partial charge in [-0.25, -0.2) is 24.9 Å². The number of piperidine rings is 1. The molecule has 0 saturated carbocycles. The number of rotatable bonds is 7. The van der Waals surface area contributed by atoms with Crippen molar-refractivity contribution in [3.63, 3.8) is 0 Å². The number of hydrogen-bond donors (Lipinski definition) is 1. The first-order chi connectivity index (χ1) is 19.5. The molecule has 1 unspecified atom stereocenters. The van der Waals surface area contributed by atoms with Crippen molar-refractivity contribution >= 4 is 34.4 Å². The number of amides is 1. The number of morpholine rings is 1. The Balaban J connectivity index is 1.16. The molecule has 1 atom stereocenters. The third-order valence-corrected chi connectivity index (χ3v) is 7.46. The highest BCUT2D eigenvalue weighted by Gasteiger charge is 2.31. The fourth-order valence-corrected chi connectivity index (χ4v) is 5.33. The van der Waals surface area contributed by atoms with Crippen molar-refractivity contribution in [2.45, 2.75) is 38.8 Å². The highest BCUT2D eigenvalue weighted by Crippen LogP contribution is 2.30.